The second-order valence-corrected chi connectivity index (χ2v) is 8.67. The van der Waals surface area contributed by atoms with E-state index in [2.05, 4.69) is 68.3 Å². The lowest BCUT2D eigenvalue weighted by Crippen LogP contribution is -2.43. The van der Waals surface area contributed by atoms with Gasteiger partial charge >= 0.3 is 0 Å². The van der Waals surface area contributed by atoms with Crippen LogP contribution in [-0.4, -0.2) is 56.7 Å². The zero-order valence-electron chi connectivity index (χ0n) is 17.9. The van der Waals surface area contributed by atoms with Gasteiger partial charge in [-0.3, -0.25) is 4.79 Å². The number of hydrogen-bond donors (Lipinski definition) is 4. The second kappa shape index (κ2) is 9.12. The fourth-order valence-corrected chi connectivity index (χ4v) is 4.63. The molecule has 3 aromatic rings. The molecule has 0 saturated carbocycles. The summed E-state index contributed by atoms with van der Waals surface area (Å²) in [5.74, 6) is 0.557. The number of aromatic nitrogens is 1. The van der Waals surface area contributed by atoms with Gasteiger partial charge in [-0.1, -0.05) is 24.3 Å². The molecule has 0 bridgehead atoms. The van der Waals surface area contributed by atoms with Crippen LogP contribution in [0.4, 0.5) is 5.69 Å². The topological polar surface area (TPSA) is 72.2 Å². The van der Waals surface area contributed by atoms with E-state index < -0.39 is 0 Å². The normalized spacial score (nSPS) is 17.7. The van der Waals surface area contributed by atoms with Crippen LogP contribution in [0.2, 0.25) is 0 Å². The first-order valence-electron chi connectivity index (χ1n) is 11.4. The first kappa shape index (κ1) is 20.1. The largest absolute Gasteiger partial charge is 0.369 e. The van der Waals surface area contributed by atoms with Crippen LogP contribution in [-0.2, 0) is 0 Å². The molecule has 2 aliphatic heterocycles. The maximum absolute atomic E-state index is 12.6. The van der Waals surface area contributed by atoms with Crippen molar-refractivity contribution in [3.05, 3.63) is 54.2 Å². The van der Waals surface area contributed by atoms with Gasteiger partial charge in [-0.15, -0.1) is 0 Å². The van der Waals surface area contributed by atoms with Crippen LogP contribution in [0.3, 0.4) is 0 Å². The van der Waals surface area contributed by atoms with Crippen molar-refractivity contribution in [3.63, 3.8) is 0 Å². The van der Waals surface area contributed by atoms with Gasteiger partial charge in [0.1, 0.15) is 5.69 Å². The number of carbonyl (C=O) groups excluding carboxylic acids is 1. The van der Waals surface area contributed by atoms with Gasteiger partial charge in [0.2, 0.25) is 0 Å². The Kier molecular flexibility index (Phi) is 5.91. The zero-order chi connectivity index (χ0) is 21.0. The molecule has 31 heavy (non-hydrogen) atoms. The molecule has 1 aromatic heterocycles. The highest BCUT2D eigenvalue weighted by Gasteiger charge is 2.16. The van der Waals surface area contributed by atoms with E-state index in [-0.39, 0.29) is 5.91 Å². The summed E-state index contributed by atoms with van der Waals surface area (Å²) in [5.41, 5.74) is 5.25. The minimum atomic E-state index is -0.0170. The van der Waals surface area contributed by atoms with E-state index in [9.17, 15) is 4.79 Å². The van der Waals surface area contributed by atoms with Crippen LogP contribution < -0.4 is 20.9 Å². The summed E-state index contributed by atoms with van der Waals surface area (Å²) in [4.78, 5) is 18.4. The predicted octanol–water partition coefficient (Wildman–Crippen LogP) is 2.97. The van der Waals surface area contributed by atoms with E-state index in [1.54, 1.807) is 0 Å². The number of piperazine rings is 1. The quantitative estimate of drug-likeness (QED) is 0.515. The van der Waals surface area contributed by atoms with E-state index >= 15 is 0 Å². The summed E-state index contributed by atoms with van der Waals surface area (Å²) in [5, 5.41) is 10.9. The number of rotatable bonds is 5. The summed E-state index contributed by atoms with van der Waals surface area (Å²) in [6.45, 7) is 7.03. The number of amides is 1. The summed E-state index contributed by atoms with van der Waals surface area (Å²) in [6, 6.07) is 17.1. The van der Waals surface area contributed by atoms with E-state index in [1.165, 1.54) is 11.3 Å². The molecule has 1 amide bonds. The highest BCUT2D eigenvalue weighted by atomic mass is 16.1. The molecule has 2 saturated heterocycles. The smallest absolute Gasteiger partial charge is 0.267 e. The van der Waals surface area contributed by atoms with Gasteiger partial charge in [0.05, 0.1) is 0 Å². The van der Waals surface area contributed by atoms with Gasteiger partial charge in [-0.25, -0.2) is 0 Å². The van der Waals surface area contributed by atoms with Crippen LogP contribution in [0.25, 0.3) is 22.0 Å². The Labute approximate surface area is 183 Å². The van der Waals surface area contributed by atoms with Crippen molar-refractivity contribution in [2.75, 3.05) is 50.7 Å². The van der Waals surface area contributed by atoms with Gasteiger partial charge in [0.15, 0.2) is 0 Å². The average molecular weight is 418 g/mol. The molecule has 6 nitrogen and oxygen atoms in total. The van der Waals surface area contributed by atoms with Crippen molar-refractivity contribution in [2.24, 2.45) is 5.92 Å². The summed E-state index contributed by atoms with van der Waals surface area (Å²) >= 11 is 0. The summed E-state index contributed by atoms with van der Waals surface area (Å²) < 4.78 is 0. The van der Waals surface area contributed by atoms with Crippen LogP contribution in [0.15, 0.2) is 48.5 Å². The molecule has 2 fully saturated rings. The zero-order valence-corrected chi connectivity index (χ0v) is 17.9. The average Bonchev–Trinajstić information content (AvgIpc) is 3.27. The molecular formula is C25H31N5O. The molecule has 0 radical (unpaired) electrons. The van der Waals surface area contributed by atoms with Crippen LogP contribution >= 0.6 is 0 Å². The molecule has 0 atom stereocenters. The number of piperidine rings is 1. The molecule has 3 heterocycles. The monoisotopic (exact) mass is 417 g/mol. The molecule has 6 heteroatoms. The third-order valence-corrected chi connectivity index (χ3v) is 6.56. The summed E-state index contributed by atoms with van der Waals surface area (Å²) in [6.07, 6.45) is 2.26. The lowest BCUT2D eigenvalue weighted by Gasteiger charge is -2.29. The number of carbonyl (C=O) groups is 1. The molecule has 0 spiro atoms. The van der Waals surface area contributed by atoms with Gasteiger partial charge in [0.25, 0.3) is 5.91 Å². The highest BCUT2D eigenvalue weighted by molar-refractivity contribution is 5.98. The molecule has 2 aromatic carbocycles. The van der Waals surface area contributed by atoms with Crippen molar-refractivity contribution >= 4 is 22.5 Å². The molecule has 4 N–H and O–H groups in total. The minimum absolute atomic E-state index is 0.0170. The number of H-pyrrole nitrogens is 1. The van der Waals surface area contributed by atoms with Crippen molar-refractivity contribution in [2.45, 2.75) is 12.8 Å². The first-order chi connectivity index (χ1) is 15.3. The Morgan fingerprint density at radius 1 is 0.903 bits per heavy atom. The molecule has 2 aliphatic rings. The van der Waals surface area contributed by atoms with Gasteiger partial charge in [0, 0.05) is 49.3 Å². The summed E-state index contributed by atoms with van der Waals surface area (Å²) in [7, 11) is 0. The molecule has 0 aliphatic carbocycles. The minimum Gasteiger partial charge on any atom is -0.369 e. The number of anilines is 1. The molecule has 5 rings (SSSR count). The molecule has 162 valence electrons. The Morgan fingerprint density at radius 3 is 2.39 bits per heavy atom. The molecular weight excluding hydrogens is 386 g/mol. The van der Waals surface area contributed by atoms with Crippen LogP contribution in [0.5, 0.6) is 0 Å². The number of aromatic amines is 1. The van der Waals surface area contributed by atoms with Gasteiger partial charge in [-0.05, 0) is 67.2 Å². The van der Waals surface area contributed by atoms with E-state index in [0.29, 0.717) is 11.6 Å². The Hall–Kier alpha value is -2.83. The van der Waals surface area contributed by atoms with Crippen molar-refractivity contribution in [1.29, 1.82) is 0 Å². The maximum atomic E-state index is 12.6. The van der Waals surface area contributed by atoms with Crippen molar-refractivity contribution in [1.82, 2.24) is 20.9 Å². The lowest BCUT2D eigenvalue weighted by atomic mass is 9.98. The fraction of sp³-hybridized carbons (Fsp3) is 0.400. The second-order valence-electron chi connectivity index (χ2n) is 8.67. The van der Waals surface area contributed by atoms with Gasteiger partial charge in [-0.2, -0.15) is 0 Å². The predicted molar refractivity (Wildman–Crippen MR) is 127 cm³/mol. The number of hydrogen-bond acceptors (Lipinski definition) is 4. The number of benzene rings is 2. The van der Waals surface area contributed by atoms with E-state index in [0.717, 1.165) is 75.1 Å². The number of nitrogens with one attached hydrogen (secondary N) is 4. The third-order valence-electron chi connectivity index (χ3n) is 6.56. The fourth-order valence-electron chi connectivity index (χ4n) is 4.63. The standard InChI is InChI=1S/C25H31N5O/c31-25(28-17-18-7-9-26-10-8-18)24-16-21-2-1-20(15-23(21)29-24)19-3-5-22(6-4-19)30-13-11-27-12-14-30/h1-6,15-16,18,26-27,29H,7-14,17H2,(H,28,31). The van der Waals surface area contributed by atoms with Crippen molar-refractivity contribution < 1.29 is 4.79 Å². The van der Waals surface area contributed by atoms with Crippen LogP contribution in [0, 0.1) is 5.92 Å². The van der Waals surface area contributed by atoms with Gasteiger partial charge < -0.3 is 25.8 Å². The Morgan fingerprint density at radius 2 is 1.61 bits per heavy atom. The van der Waals surface area contributed by atoms with Crippen molar-refractivity contribution in [3.8, 4) is 11.1 Å². The number of fused-ring (bicyclic) bond motifs is 1. The van der Waals surface area contributed by atoms with E-state index in [4.69, 9.17) is 0 Å². The first-order valence-corrected chi connectivity index (χ1v) is 11.4. The highest BCUT2D eigenvalue weighted by Crippen LogP contribution is 2.27. The Balaban J connectivity index is 1.28. The number of nitrogens with zero attached hydrogens (tertiary/aromatic N) is 1. The SMILES string of the molecule is O=C(NCC1CCNCC1)c1cc2ccc(-c3ccc(N4CCNCC4)cc3)cc2[nH]1. The van der Waals surface area contributed by atoms with E-state index in [1.807, 2.05) is 6.07 Å². The lowest BCUT2D eigenvalue weighted by molar-refractivity contribution is 0.0940. The third kappa shape index (κ3) is 4.60. The molecule has 0 unspecified atom stereocenters. The Bertz CT molecular complexity index is 1030. The van der Waals surface area contributed by atoms with Crippen LogP contribution in [0.1, 0.15) is 23.3 Å². The maximum Gasteiger partial charge on any atom is 0.267 e.